The third kappa shape index (κ3) is 3.20. The van der Waals surface area contributed by atoms with Crippen LogP contribution in [0.2, 0.25) is 0 Å². The summed E-state index contributed by atoms with van der Waals surface area (Å²) >= 11 is 0. The van der Waals surface area contributed by atoms with E-state index < -0.39 is 18.9 Å². The summed E-state index contributed by atoms with van der Waals surface area (Å²) in [4.78, 5) is 0.00281. The van der Waals surface area contributed by atoms with Crippen molar-refractivity contribution in [3.05, 3.63) is 24.3 Å². The summed E-state index contributed by atoms with van der Waals surface area (Å²) in [5.41, 5.74) is 0. The van der Waals surface area contributed by atoms with Crippen molar-refractivity contribution in [1.82, 2.24) is 0 Å². The highest BCUT2D eigenvalue weighted by Crippen LogP contribution is 2.18. The third-order valence-electron chi connectivity index (χ3n) is 1.94. The second-order valence-corrected chi connectivity index (χ2v) is 7.90. The van der Waals surface area contributed by atoms with E-state index >= 15 is 0 Å². The molecule has 0 N–H and O–H groups in total. The number of hydrogen-bond acceptors (Lipinski definition) is 4. The lowest BCUT2D eigenvalue weighted by Gasteiger charge is -2.03. The fourth-order valence-corrected chi connectivity index (χ4v) is 3.29. The quantitative estimate of drug-likeness (QED) is 0.790. The molecule has 1 rings (SSSR count). The SMILES string of the molecule is CCCS(=O)(=O)c1ccc(S(=O)(=O)Cl)cc1. The highest BCUT2D eigenvalue weighted by Gasteiger charge is 2.15. The van der Waals surface area contributed by atoms with Crippen molar-refractivity contribution >= 4 is 29.6 Å². The maximum Gasteiger partial charge on any atom is 0.261 e. The molecule has 0 aliphatic rings. The van der Waals surface area contributed by atoms with Gasteiger partial charge in [-0.15, -0.1) is 0 Å². The molecule has 7 heteroatoms. The van der Waals surface area contributed by atoms with Crippen molar-refractivity contribution in [2.75, 3.05) is 5.75 Å². The molecule has 16 heavy (non-hydrogen) atoms. The van der Waals surface area contributed by atoms with E-state index in [1.807, 2.05) is 0 Å². The van der Waals surface area contributed by atoms with Gasteiger partial charge >= 0.3 is 0 Å². The summed E-state index contributed by atoms with van der Waals surface area (Å²) in [6, 6.07) is 4.87. The minimum absolute atomic E-state index is 0.0416. The molecule has 1 aromatic rings. The van der Waals surface area contributed by atoms with Crippen LogP contribution in [-0.4, -0.2) is 22.6 Å². The Morgan fingerprint density at radius 3 is 1.81 bits per heavy atom. The number of hydrogen-bond donors (Lipinski definition) is 0. The Hall–Kier alpha value is -0.590. The molecule has 0 aromatic heterocycles. The monoisotopic (exact) mass is 282 g/mol. The molecule has 0 saturated heterocycles. The molecule has 0 saturated carbocycles. The van der Waals surface area contributed by atoms with Crippen molar-refractivity contribution in [1.29, 1.82) is 0 Å². The van der Waals surface area contributed by atoms with E-state index in [1.165, 1.54) is 24.3 Å². The molecule has 0 radical (unpaired) electrons. The minimum Gasteiger partial charge on any atom is -0.224 e. The molecule has 0 unspecified atom stereocenters. The van der Waals surface area contributed by atoms with Crippen LogP contribution in [0.1, 0.15) is 13.3 Å². The van der Waals surface area contributed by atoms with Crippen LogP contribution in [0.4, 0.5) is 0 Å². The van der Waals surface area contributed by atoms with Gasteiger partial charge in [-0.05, 0) is 30.7 Å². The van der Waals surface area contributed by atoms with E-state index in [9.17, 15) is 16.8 Å². The molecule has 0 atom stereocenters. The predicted octanol–water partition coefficient (Wildman–Crippen LogP) is 1.80. The zero-order valence-corrected chi connectivity index (χ0v) is 10.9. The van der Waals surface area contributed by atoms with Crippen molar-refractivity contribution in [2.45, 2.75) is 23.1 Å². The van der Waals surface area contributed by atoms with Gasteiger partial charge in [-0.25, -0.2) is 16.8 Å². The first-order valence-electron chi connectivity index (χ1n) is 4.55. The Bertz CT molecular complexity index is 558. The first kappa shape index (κ1) is 13.5. The average Bonchev–Trinajstić information content (AvgIpc) is 2.16. The Morgan fingerprint density at radius 2 is 1.44 bits per heavy atom. The molecule has 0 heterocycles. The number of rotatable bonds is 4. The Morgan fingerprint density at radius 1 is 1.00 bits per heavy atom. The molecule has 4 nitrogen and oxygen atoms in total. The maximum atomic E-state index is 11.6. The van der Waals surface area contributed by atoms with Gasteiger partial charge in [0, 0.05) is 10.7 Å². The Balaban J connectivity index is 3.15. The van der Waals surface area contributed by atoms with Gasteiger partial charge < -0.3 is 0 Å². The second kappa shape index (κ2) is 4.73. The van der Waals surface area contributed by atoms with Gasteiger partial charge in [0.1, 0.15) is 0 Å². The zero-order valence-electron chi connectivity index (χ0n) is 8.55. The van der Waals surface area contributed by atoms with Crippen LogP contribution in [-0.2, 0) is 18.9 Å². The van der Waals surface area contributed by atoms with Crippen LogP contribution in [0, 0.1) is 0 Å². The van der Waals surface area contributed by atoms with Crippen molar-refractivity contribution in [3.8, 4) is 0 Å². The van der Waals surface area contributed by atoms with Crippen LogP contribution in [0.25, 0.3) is 0 Å². The molecular formula is C9H11ClO4S2. The summed E-state index contributed by atoms with van der Waals surface area (Å²) in [6.45, 7) is 1.76. The van der Waals surface area contributed by atoms with Gasteiger partial charge in [0.25, 0.3) is 9.05 Å². The number of sulfone groups is 1. The summed E-state index contributed by atoms with van der Waals surface area (Å²) in [5.74, 6) is 0.0416. The maximum absolute atomic E-state index is 11.6. The van der Waals surface area contributed by atoms with E-state index in [2.05, 4.69) is 0 Å². The average molecular weight is 283 g/mol. The van der Waals surface area contributed by atoms with E-state index in [0.717, 1.165) is 0 Å². The molecule has 0 fully saturated rings. The summed E-state index contributed by atoms with van der Waals surface area (Å²) in [5, 5.41) is 0. The molecule has 0 bridgehead atoms. The lowest BCUT2D eigenvalue weighted by Crippen LogP contribution is -2.05. The molecule has 0 spiro atoms. The summed E-state index contributed by atoms with van der Waals surface area (Å²) < 4.78 is 45.1. The number of benzene rings is 1. The fourth-order valence-electron chi connectivity index (χ4n) is 1.20. The first-order valence-corrected chi connectivity index (χ1v) is 8.51. The van der Waals surface area contributed by atoms with Gasteiger partial charge in [-0.1, -0.05) is 6.92 Å². The fraction of sp³-hybridized carbons (Fsp3) is 0.333. The standard InChI is InChI=1S/C9H11ClO4S2/c1-2-7-15(11,12)8-3-5-9(6-4-8)16(10,13)14/h3-6H,2,7H2,1H3. The van der Waals surface area contributed by atoms with Crippen LogP contribution in [0.5, 0.6) is 0 Å². The lowest BCUT2D eigenvalue weighted by atomic mass is 10.4. The van der Waals surface area contributed by atoms with E-state index in [0.29, 0.717) is 6.42 Å². The molecule has 0 aliphatic heterocycles. The van der Waals surface area contributed by atoms with Gasteiger partial charge in [0.05, 0.1) is 15.5 Å². The van der Waals surface area contributed by atoms with E-state index in [4.69, 9.17) is 10.7 Å². The van der Waals surface area contributed by atoms with E-state index in [-0.39, 0.29) is 15.5 Å². The first-order chi connectivity index (χ1) is 7.27. The third-order valence-corrected chi connectivity index (χ3v) is 5.24. The Labute approximate surface area is 99.6 Å². The van der Waals surface area contributed by atoms with Crippen molar-refractivity contribution < 1.29 is 16.8 Å². The molecule has 90 valence electrons. The van der Waals surface area contributed by atoms with Gasteiger partial charge in [0.2, 0.25) is 0 Å². The van der Waals surface area contributed by atoms with Gasteiger partial charge in [0.15, 0.2) is 9.84 Å². The van der Waals surface area contributed by atoms with Crippen LogP contribution in [0.15, 0.2) is 34.1 Å². The zero-order chi connectivity index (χ0) is 12.4. The predicted molar refractivity (Wildman–Crippen MR) is 61.8 cm³/mol. The van der Waals surface area contributed by atoms with Crippen molar-refractivity contribution in [2.24, 2.45) is 0 Å². The molecule has 0 amide bonds. The summed E-state index contributed by atoms with van der Waals surface area (Å²) in [6.07, 6.45) is 0.512. The highest BCUT2D eigenvalue weighted by molar-refractivity contribution is 8.13. The van der Waals surface area contributed by atoms with Crippen molar-refractivity contribution in [3.63, 3.8) is 0 Å². The normalized spacial score (nSPS) is 12.6. The smallest absolute Gasteiger partial charge is 0.224 e. The molecule has 0 aliphatic carbocycles. The van der Waals surface area contributed by atoms with Crippen LogP contribution in [0.3, 0.4) is 0 Å². The minimum atomic E-state index is -3.80. The van der Waals surface area contributed by atoms with E-state index in [1.54, 1.807) is 6.92 Å². The van der Waals surface area contributed by atoms with Crippen LogP contribution < -0.4 is 0 Å². The largest absolute Gasteiger partial charge is 0.261 e. The second-order valence-electron chi connectivity index (χ2n) is 3.23. The topological polar surface area (TPSA) is 68.3 Å². The lowest BCUT2D eigenvalue weighted by molar-refractivity contribution is 0.594. The highest BCUT2D eigenvalue weighted by atomic mass is 35.7. The number of halogens is 1. The summed E-state index contributed by atoms with van der Waals surface area (Å²) in [7, 11) is -2.00. The molecule has 1 aromatic carbocycles. The van der Waals surface area contributed by atoms with Gasteiger partial charge in [-0.3, -0.25) is 0 Å². The molecular weight excluding hydrogens is 272 g/mol. The van der Waals surface area contributed by atoms with Gasteiger partial charge in [-0.2, -0.15) is 0 Å². The van der Waals surface area contributed by atoms with Crippen LogP contribution >= 0.6 is 10.7 Å². The Kier molecular flexibility index (Phi) is 3.98.